The van der Waals surface area contributed by atoms with Crippen molar-refractivity contribution in [2.24, 2.45) is 5.73 Å². The van der Waals surface area contributed by atoms with Gasteiger partial charge in [0.05, 0.1) is 24.3 Å². The fourth-order valence-electron chi connectivity index (χ4n) is 2.62. The number of aromatic nitrogens is 1. The molecule has 1 fully saturated rings. The van der Waals surface area contributed by atoms with Crippen LogP contribution in [0, 0.1) is 0 Å². The van der Waals surface area contributed by atoms with Crippen molar-refractivity contribution in [1.82, 2.24) is 9.88 Å². The van der Waals surface area contributed by atoms with E-state index in [0.29, 0.717) is 25.3 Å². The number of morpholine rings is 1. The molecule has 1 aliphatic heterocycles. The van der Waals surface area contributed by atoms with Crippen molar-refractivity contribution in [3.05, 3.63) is 42.1 Å². The number of amides is 1. The third kappa shape index (κ3) is 2.75. The maximum absolute atomic E-state index is 12.7. The maximum atomic E-state index is 12.7. The number of ether oxygens (including phenoxy) is 1. The van der Waals surface area contributed by atoms with Crippen LogP contribution in [0.4, 0.5) is 0 Å². The highest BCUT2D eigenvalue weighted by Crippen LogP contribution is 2.18. The van der Waals surface area contributed by atoms with Crippen LogP contribution < -0.4 is 5.73 Å². The molecular formula is C16H19N3O2. The lowest BCUT2D eigenvalue weighted by Gasteiger charge is -2.37. The molecule has 2 unspecified atom stereocenters. The normalized spacial score (nSPS) is 22.5. The molecule has 2 N–H and O–H groups in total. The van der Waals surface area contributed by atoms with Gasteiger partial charge in [-0.1, -0.05) is 6.07 Å². The van der Waals surface area contributed by atoms with Crippen LogP contribution in [0.2, 0.25) is 0 Å². The quantitative estimate of drug-likeness (QED) is 0.906. The highest BCUT2D eigenvalue weighted by atomic mass is 16.5. The molecule has 2 aromatic rings. The SMILES string of the molecule is CC1COC(CN)CN1C(=O)c1ccc2ncccc2c1. The Bertz CT molecular complexity index is 659. The highest BCUT2D eigenvalue weighted by Gasteiger charge is 2.29. The summed E-state index contributed by atoms with van der Waals surface area (Å²) in [5.74, 6) is 0.0232. The number of nitrogens with zero attached hydrogens (tertiary/aromatic N) is 2. The van der Waals surface area contributed by atoms with Crippen molar-refractivity contribution >= 4 is 16.8 Å². The molecule has 3 rings (SSSR count). The molecule has 1 aromatic heterocycles. The van der Waals surface area contributed by atoms with Crippen LogP contribution in [-0.4, -0.2) is 47.6 Å². The van der Waals surface area contributed by atoms with E-state index in [0.717, 1.165) is 10.9 Å². The predicted octanol–water partition coefficient (Wildman–Crippen LogP) is 1.42. The van der Waals surface area contributed by atoms with Crippen molar-refractivity contribution in [2.75, 3.05) is 19.7 Å². The molecule has 0 saturated carbocycles. The van der Waals surface area contributed by atoms with E-state index in [1.807, 2.05) is 42.2 Å². The monoisotopic (exact) mass is 285 g/mol. The molecule has 0 radical (unpaired) electrons. The number of carbonyl (C=O) groups excluding carboxylic acids is 1. The standard InChI is InChI=1S/C16H19N3O2/c1-11-10-21-14(8-17)9-19(11)16(20)13-4-5-15-12(7-13)3-2-6-18-15/h2-7,11,14H,8-10,17H2,1H3. The number of nitrogens with two attached hydrogens (primary N) is 1. The molecule has 1 aromatic carbocycles. The lowest BCUT2D eigenvalue weighted by Crippen LogP contribution is -2.52. The zero-order valence-electron chi connectivity index (χ0n) is 12.0. The Hall–Kier alpha value is -1.98. The summed E-state index contributed by atoms with van der Waals surface area (Å²) in [5.41, 5.74) is 7.23. The van der Waals surface area contributed by atoms with E-state index in [9.17, 15) is 4.79 Å². The number of rotatable bonds is 2. The third-order valence-electron chi connectivity index (χ3n) is 3.88. The molecule has 2 heterocycles. The Kier molecular flexibility index (Phi) is 3.86. The molecule has 0 spiro atoms. The van der Waals surface area contributed by atoms with Crippen molar-refractivity contribution in [3.63, 3.8) is 0 Å². The average molecular weight is 285 g/mol. The van der Waals surface area contributed by atoms with Crippen LogP contribution in [-0.2, 0) is 4.74 Å². The molecule has 5 nitrogen and oxygen atoms in total. The van der Waals surface area contributed by atoms with E-state index in [1.165, 1.54) is 0 Å². The van der Waals surface area contributed by atoms with Crippen molar-refractivity contribution in [1.29, 1.82) is 0 Å². The minimum Gasteiger partial charge on any atom is -0.373 e. The van der Waals surface area contributed by atoms with Gasteiger partial charge in [0.15, 0.2) is 0 Å². The molecule has 1 amide bonds. The first-order valence-electron chi connectivity index (χ1n) is 7.16. The first kappa shape index (κ1) is 14.0. The van der Waals surface area contributed by atoms with Crippen molar-refractivity contribution in [3.8, 4) is 0 Å². The van der Waals surface area contributed by atoms with Crippen LogP contribution in [0.5, 0.6) is 0 Å². The Morgan fingerprint density at radius 1 is 1.48 bits per heavy atom. The lowest BCUT2D eigenvalue weighted by atomic mass is 10.1. The van der Waals surface area contributed by atoms with Gasteiger partial charge >= 0.3 is 0 Å². The molecule has 1 aliphatic rings. The second-order valence-electron chi connectivity index (χ2n) is 5.41. The number of benzene rings is 1. The zero-order chi connectivity index (χ0) is 14.8. The Labute approximate surface area is 123 Å². The van der Waals surface area contributed by atoms with E-state index in [2.05, 4.69) is 4.98 Å². The Balaban J connectivity index is 1.88. The topological polar surface area (TPSA) is 68.5 Å². The van der Waals surface area contributed by atoms with Crippen LogP contribution in [0.3, 0.4) is 0 Å². The fourth-order valence-corrected chi connectivity index (χ4v) is 2.62. The summed E-state index contributed by atoms with van der Waals surface area (Å²) in [6, 6.07) is 9.50. The van der Waals surface area contributed by atoms with E-state index < -0.39 is 0 Å². The van der Waals surface area contributed by atoms with E-state index >= 15 is 0 Å². The average Bonchev–Trinajstić information content (AvgIpc) is 2.54. The summed E-state index contributed by atoms with van der Waals surface area (Å²) >= 11 is 0. The van der Waals surface area contributed by atoms with Crippen LogP contribution in [0.25, 0.3) is 10.9 Å². The number of carbonyl (C=O) groups is 1. The molecule has 110 valence electrons. The second-order valence-corrected chi connectivity index (χ2v) is 5.41. The number of hydrogen-bond donors (Lipinski definition) is 1. The van der Waals surface area contributed by atoms with Crippen LogP contribution in [0.15, 0.2) is 36.5 Å². The molecule has 5 heteroatoms. The van der Waals surface area contributed by atoms with Crippen molar-refractivity contribution < 1.29 is 9.53 Å². The summed E-state index contributed by atoms with van der Waals surface area (Å²) in [5, 5.41) is 0.972. The first-order chi connectivity index (χ1) is 10.2. The zero-order valence-corrected chi connectivity index (χ0v) is 12.0. The Morgan fingerprint density at radius 2 is 2.33 bits per heavy atom. The summed E-state index contributed by atoms with van der Waals surface area (Å²) in [7, 11) is 0. The largest absolute Gasteiger partial charge is 0.373 e. The summed E-state index contributed by atoms with van der Waals surface area (Å²) in [6.07, 6.45) is 1.67. The number of hydrogen-bond acceptors (Lipinski definition) is 4. The van der Waals surface area contributed by atoms with Crippen LogP contribution in [0.1, 0.15) is 17.3 Å². The van der Waals surface area contributed by atoms with Gasteiger partial charge in [-0.25, -0.2) is 0 Å². The summed E-state index contributed by atoms with van der Waals surface area (Å²) < 4.78 is 5.60. The summed E-state index contributed by atoms with van der Waals surface area (Å²) in [6.45, 7) is 3.50. The molecular weight excluding hydrogens is 266 g/mol. The van der Waals surface area contributed by atoms with Crippen molar-refractivity contribution in [2.45, 2.75) is 19.1 Å². The molecule has 21 heavy (non-hydrogen) atoms. The molecule has 0 aliphatic carbocycles. The van der Waals surface area contributed by atoms with Gasteiger partial charge in [0, 0.05) is 30.2 Å². The van der Waals surface area contributed by atoms with Gasteiger partial charge in [-0.05, 0) is 31.2 Å². The smallest absolute Gasteiger partial charge is 0.254 e. The van der Waals surface area contributed by atoms with Gasteiger partial charge in [0.25, 0.3) is 5.91 Å². The second kappa shape index (κ2) is 5.79. The van der Waals surface area contributed by atoms with Gasteiger partial charge in [0.1, 0.15) is 0 Å². The van der Waals surface area contributed by atoms with Gasteiger partial charge in [-0.2, -0.15) is 0 Å². The minimum atomic E-state index is -0.0766. The van der Waals surface area contributed by atoms with E-state index in [-0.39, 0.29) is 18.1 Å². The minimum absolute atomic E-state index is 0.0232. The maximum Gasteiger partial charge on any atom is 0.254 e. The number of pyridine rings is 1. The van der Waals surface area contributed by atoms with Gasteiger partial charge in [-0.15, -0.1) is 0 Å². The van der Waals surface area contributed by atoms with Gasteiger partial charge in [-0.3, -0.25) is 9.78 Å². The first-order valence-corrected chi connectivity index (χ1v) is 7.16. The molecule has 2 atom stereocenters. The highest BCUT2D eigenvalue weighted by molar-refractivity contribution is 5.98. The Morgan fingerprint density at radius 3 is 3.14 bits per heavy atom. The van der Waals surface area contributed by atoms with E-state index in [4.69, 9.17) is 10.5 Å². The predicted molar refractivity (Wildman–Crippen MR) is 81.0 cm³/mol. The fraction of sp³-hybridized carbons (Fsp3) is 0.375. The molecule has 0 bridgehead atoms. The third-order valence-corrected chi connectivity index (χ3v) is 3.88. The van der Waals surface area contributed by atoms with Gasteiger partial charge < -0.3 is 15.4 Å². The summed E-state index contributed by atoms with van der Waals surface area (Å²) in [4.78, 5) is 18.8. The van der Waals surface area contributed by atoms with E-state index in [1.54, 1.807) is 6.20 Å². The lowest BCUT2D eigenvalue weighted by molar-refractivity contribution is -0.0426. The van der Waals surface area contributed by atoms with Gasteiger partial charge in [0.2, 0.25) is 0 Å². The molecule has 1 saturated heterocycles. The number of fused-ring (bicyclic) bond motifs is 1. The van der Waals surface area contributed by atoms with Crippen LogP contribution >= 0.6 is 0 Å².